The Kier molecular flexibility index (Phi) is 4.22. The molecule has 1 unspecified atom stereocenters. The van der Waals surface area contributed by atoms with Crippen molar-refractivity contribution in [2.75, 3.05) is 19.6 Å². The van der Waals surface area contributed by atoms with E-state index < -0.39 is 0 Å². The lowest BCUT2D eigenvalue weighted by molar-refractivity contribution is 0.0683. The van der Waals surface area contributed by atoms with Gasteiger partial charge in [-0.1, -0.05) is 0 Å². The summed E-state index contributed by atoms with van der Waals surface area (Å²) in [4.78, 5) is 15.1. The molecule has 2 heterocycles. The van der Waals surface area contributed by atoms with Gasteiger partial charge in [0.1, 0.15) is 0 Å². The summed E-state index contributed by atoms with van der Waals surface area (Å²) in [5.41, 5.74) is 6.82. The number of piperidine rings is 1. The number of carbonyl (C=O) groups excluding carboxylic acids is 1. The summed E-state index contributed by atoms with van der Waals surface area (Å²) < 4.78 is 1.05. The van der Waals surface area contributed by atoms with E-state index in [-0.39, 0.29) is 5.91 Å². The summed E-state index contributed by atoms with van der Waals surface area (Å²) >= 11 is 4.98. The Morgan fingerprint density at radius 3 is 3.06 bits per heavy atom. The highest BCUT2D eigenvalue weighted by atomic mass is 79.9. The number of thiophene rings is 1. The van der Waals surface area contributed by atoms with Crippen LogP contribution >= 0.6 is 27.3 Å². The summed E-state index contributed by atoms with van der Waals surface area (Å²) in [7, 11) is 0. The molecule has 3 nitrogen and oxygen atoms in total. The van der Waals surface area contributed by atoms with Crippen molar-refractivity contribution in [1.82, 2.24) is 4.90 Å². The zero-order valence-electron chi connectivity index (χ0n) is 9.91. The maximum Gasteiger partial charge on any atom is 0.263 e. The number of halogens is 1. The fourth-order valence-corrected chi connectivity index (χ4v) is 3.67. The quantitative estimate of drug-likeness (QED) is 0.911. The van der Waals surface area contributed by atoms with E-state index in [9.17, 15) is 4.79 Å². The van der Waals surface area contributed by atoms with Gasteiger partial charge in [-0.25, -0.2) is 0 Å². The lowest BCUT2D eigenvalue weighted by Crippen LogP contribution is -2.41. The molecule has 1 aromatic rings. The largest absolute Gasteiger partial charge is 0.338 e. The molecule has 1 aliphatic rings. The molecule has 2 N–H and O–H groups in total. The second-order valence-corrected chi connectivity index (χ2v) is 6.93. The van der Waals surface area contributed by atoms with E-state index in [1.54, 1.807) is 0 Å². The topological polar surface area (TPSA) is 46.3 Å². The molecule has 0 bridgehead atoms. The first-order chi connectivity index (χ1) is 8.11. The Morgan fingerprint density at radius 2 is 2.47 bits per heavy atom. The lowest BCUT2D eigenvalue weighted by atomic mass is 9.98. The van der Waals surface area contributed by atoms with Crippen LogP contribution in [-0.4, -0.2) is 30.4 Å². The van der Waals surface area contributed by atoms with Crippen molar-refractivity contribution in [3.8, 4) is 0 Å². The highest BCUT2D eigenvalue weighted by Gasteiger charge is 2.24. The molecule has 0 aromatic carbocycles. The van der Waals surface area contributed by atoms with Crippen molar-refractivity contribution in [1.29, 1.82) is 0 Å². The number of carbonyl (C=O) groups is 1. The third kappa shape index (κ3) is 2.89. The van der Waals surface area contributed by atoms with Crippen LogP contribution in [0.5, 0.6) is 0 Å². The first-order valence-corrected chi connectivity index (χ1v) is 7.48. The molecule has 1 saturated heterocycles. The van der Waals surface area contributed by atoms with Crippen molar-refractivity contribution in [3.63, 3.8) is 0 Å². The van der Waals surface area contributed by atoms with Crippen LogP contribution in [0.25, 0.3) is 0 Å². The van der Waals surface area contributed by atoms with Gasteiger partial charge in [0, 0.05) is 13.1 Å². The molecule has 1 fully saturated rings. The molecule has 5 heteroatoms. The first-order valence-electron chi connectivity index (χ1n) is 5.87. The molecular weight excluding hydrogens is 300 g/mol. The zero-order valence-corrected chi connectivity index (χ0v) is 12.3. The van der Waals surface area contributed by atoms with Crippen LogP contribution in [0, 0.1) is 12.8 Å². The summed E-state index contributed by atoms with van der Waals surface area (Å²) in [5.74, 6) is 0.624. The van der Waals surface area contributed by atoms with E-state index in [4.69, 9.17) is 5.73 Å². The van der Waals surface area contributed by atoms with E-state index in [0.717, 1.165) is 40.2 Å². The SMILES string of the molecule is Cc1cc(C(=O)N2CCCC(CN)C2)sc1Br. The molecule has 0 aliphatic carbocycles. The van der Waals surface area contributed by atoms with E-state index in [2.05, 4.69) is 15.9 Å². The van der Waals surface area contributed by atoms with Crippen LogP contribution in [0.15, 0.2) is 9.85 Å². The van der Waals surface area contributed by atoms with Gasteiger partial charge < -0.3 is 10.6 Å². The Morgan fingerprint density at radius 1 is 1.71 bits per heavy atom. The fraction of sp³-hybridized carbons (Fsp3) is 0.583. The lowest BCUT2D eigenvalue weighted by Gasteiger charge is -2.31. The number of likely N-dealkylation sites (tertiary alicyclic amines) is 1. The average Bonchev–Trinajstić information content (AvgIpc) is 2.69. The molecule has 0 spiro atoms. The van der Waals surface area contributed by atoms with Crippen LogP contribution in [0.2, 0.25) is 0 Å². The second kappa shape index (κ2) is 5.50. The minimum Gasteiger partial charge on any atom is -0.338 e. The predicted molar refractivity (Wildman–Crippen MR) is 74.4 cm³/mol. The number of nitrogens with zero attached hydrogens (tertiary/aromatic N) is 1. The molecule has 94 valence electrons. The monoisotopic (exact) mass is 316 g/mol. The van der Waals surface area contributed by atoms with E-state index >= 15 is 0 Å². The molecule has 1 aromatic heterocycles. The minimum absolute atomic E-state index is 0.155. The van der Waals surface area contributed by atoms with Crippen LogP contribution in [0.3, 0.4) is 0 Å². The number of aryl methyl sites for hydroxylation is 1. The Hall–Kier alpha value is -0.390. The van der Waals surface area contributed by atoms with Gasteiger partial charge in [0.2, 0.25) is 0 Å². The zero-order chi connectivity index (χ0) is 12.4. The molecule has 1 aliphatic heterocycles. The van der Waals surface area contributed by atoms with Gasteiger partial charge in [-0.2, -0.15) is 0 Å². The summed E-state index contributed by atoms with van der Waals surface area (Å²) in [5, 5.41) is 0. The van der Waals surface area contributed by atoms with Gasteiger partial charge in [0.05, 0.1) is 8.66 Å². The van der Waals surface area contributed by atoms with Gasteiger partial charge in [0.25, 0.3) is 5.91 Å². The number of hydrogen-bond donors (Lipinski definition) is 1. The van der Waals surface area contributed by atoms with Crippen LogP contribution in [-0.2, 0) is 0 Å². The fourth-order valence-electron chi connectivity index (χ4n) is 2.16. The van der Waals surface area contributed by atoms with E-state index in [1.807, 2.05) is 17.9 Å². The standard InChI is InChI=1S/C12H17BrN2OS/c1-8-5-10(17-11(8)13)12(16)15-4-2-3-9(6-14)7-15/h5,9H,2-4,6-7,14H2,1H3. The maximum atomic E-state index is 12.3. The van der Waals surface area contributed by atoms with Crippen molar-refractivity contribution in [2.24, 2.45) is 11.7 Å². The third-order valence-electron chi connectivity index (χ3n) is 3.21. The molecule has 0 radical (unpaired) electrons. The normalized spacial score (nSPS) is 20.6. The highest BCUT2D eigenvalue weighted by Crippen LogP contribution is 2.29. The Labute approximate surface area is 114 Å². The predicted octanol–water partition coefficient (Wildman–Crippen LogP) is 2.63. The molecule has 0 saturated carbocycles. The first kappa shape index (κ1) is 13.1. The van der Waals surface area contributed by atoms with E-state index in [1.165, 1.54) is 11.3 Å². The number of amides is 1. The van der Waals surface area contributed by atoms with Gasteiger partial charge in [0.15, 0.2) is 0 Å². The molecule has 17 heavy (non-hydrogen) atoms. The van der Waals surface area contributed by atoms with Gasteiger partial charge in [-0.05, 0) is 59.8 Å². The number of rotatable bonds is 2. The second-order valence-electron chi connectivity index (χ2n) is 4.56. The molecule has 2 rings (SSSR count). The van der Waals surface area contributed by atoms with Gasteiger partial charge in [-0.15, -0.1) is 11.3 Å². The molecular formula is C12H17BrN2OS. The number of nitrogens with two attached hydrogens (primary N) is 1. The van der Waals surface area contributed by atoms with Crippen molar-refractivity contribution in [3.05, 3.63) is 20.3 Å². The van der Waals surface area contributed by atoms with Crippen molar-refractivity contribution in [2.45, 2.75) is 19.8 Å². The maximum absolute atomic E-state index is 12.3. The van der Waals surface area contributed by atoms with Gasteiger partial charge in [-0.3, -0.25) is 4.79 Å². The molecule has 1 atom stereocenters. The minimum atomic E-state index is 0.155. The summed E-state index contributed by atoms with van der Waals surface area (Å²) in [6.07, 6.45) is 2.21. The van der Waals surface area contributed by atoms with Crippen molar-refractivity contribution >= 4 is 33.2 Å². The summed E-state index contributed by atoms with van der Waals surface area (Å²) in [6, 6.07) is 1.96. The van der Waals surface area contributed by atoms with Crippen LogP contribution < -0.4 is 5.73 Å². The number of hydrogen-bond acceptors (Lipinski definition) is 3. The highest BCUT2D eigenvalue weighted by molar-refractivity contribution is 9.11. The van der Waals surface area contributed by atoms with Crippen LogP contribution in [0.1, 0.15) is 28.1 Å². The van der Waals surface area contributed by atoms with Crippen LogP contribution in [0.4, 0.5) is 0 Å². The van der Waals surface area contributed by atoms with E-state index in [0.29, 0.717) is 12.5 Å². The smallest absolute Gasteiger partial charge is 0.263 e. The Balaban J connectivity index is 2.09. The summed E-state index contributed by atoms with van der Waals surface area (Å²) in [6.45, 7) is 4.36. The van der Waals surface area contributed by atoms with Crippen molar-refractivity contribution < 1.29 is 4.79 Å². The Bertz CT molecular complexity index is 399. The average molecular weight is 317 g/mol. The third-order valence-corrected chi connectivity index (χ3v) is 5.33. The van der Waals surface area contributed by atoms with Gasteiger partial charge >= 0.3 is 0 Å². The molecule has 1 amide bonds.